The molecule has 30 heavy (non-hydrogen) atoms. The molecule has 0 unspecified atom stereocenters. The van der Waals surface area contributed by atoms with Crippen molar-refractivity contribution in [1.29, 1.82) is 0 Å². The van der Waals surface area contributed by atoms with Crippen molar-refractivity contribution in [3.8, 4) is 0 Å². The minimum atomic E-state index is -0.490. The smallest absolute Gasteiger partial charge is 0.338 e. The second kappa shape index (κ2) is 10.4. The van der Waals surface area contributed by atoms with Crippen LogP contribution < -0.4 is 5.32 Å². The largest absolute Gasteiger partial charge is 0.452 e. The van der Waals surface area contributed by atoms with Crippen LogP contribution in [-0.4, -0.2) is 18.5 Å². The number of anilines is 1. The van der Waals surface area contributed by atoms with Gasteiger partial charge in [0.2, 0.25) is 0 Å². The van der Waals surface area contributed by atoms with Gasteiger partial charge in [0.25, 0.3) is 5.91 Å². The second-order valence-corrected chi connectivity index (χ2v) is 7.10. The highest BCUT2D eigenvalue weighted by molar-refractivity contribution is 5.97. The number of carbonyl (C=O) groups is 2. The van der Waals surface area contributed by atoms with Crippen molar-refractivity contribution in [2.24, 2.45) is 0 Å². The number of aryl methyl sites for hydroxylation is 2. The molecule has 0 radical (unpaired) electrons. The van der Waals surface area contributed by atoms with Crippen LogP contribution in [-0.2, 0) is 28.8 Å². The van der Waals surface area contributed by atoms with Crippen LogP contribution in [0.3, 0.4) is 0 Å². The minimum absolute atomic E-state index is 0.320. The second-order valence-electron chi connectivity index (χ2n) is 7.10. The highest BCUT2D eigenvalue weighted by Crippen LogP contribution is 2.22. The Morgan fingerprint density at radius 2 is 1.37 bits per heavy atom. The molecule has 1 amide bonds. The zero-order chi connectivity index (χ0) is 21.3. The Bertz CT molecular complexity index is 990. The van der Waals surface area contributed by atoms with E-state index in [1.54, 1.807) is 12.1 Å². The Kier molecular flexibility index (Phi) is 7.39. The van der Waals surface area contributed by atoms with E-state index in [1.165, 1.54) is 0 Å². The third kappa shape index (κ3) is 5.35. The van der Waals surface area contributed by atoms with Gasteiger partial charge in [0.15, 0.2) is 6.61 Å². The molecule has 0 heterocycles. The van der Waals surface area contributed by atoms with Crippen molar-refractivity contribution < 1.29 is 14.3 Å². The molecule has 1 N–H and O–H groups in total. The van der Waals surface area contributed by atoms with Gasteiger partial charge in [-0.2, -0.15) is 0 Å². The number of hydrogen-bond donors (Lipinski definition) is 1. The van der Waals surface area contributed by atoms with E-state index in [4.69, 9.17) is 4.74 Å². The molecule has 154 valence electrons. The van der Waals surface area contributed by atoms with Crippen molar-refractivity contribution in [3.63, 3.8) is 0 Å². The first kappa shape index (κ1) is 21.3. The van der Waals surface area contributed by atoms with Crippen LogP contribution >= 0.6 is 0 Å². The van der Waals surface area contributed by atoms with Crippen LogP contribution in [0.1, 0.15) is 46.5 Å². The van der Waals surface area contributed by atoms with E-state index in [0.717, 1.165) is 40.8 Å². The van der Waals surface area contributed by atoms with Crippen molar-refractivity contribution in [1.82, 2.24) is 0 Å². The van der Waals surface area contributed by atoms with Gasteiger partial charge < -0.3 is 10.1 Å². The molecule has 3 aromatic rings. The van der Waals surface area contributed by atoms with Gasteiger partial charge in [0.1, 0.15) is 0 Å². The molecule has 0 spiro atoms. The fourth-order valence-corrected chi connectivity index (χ4v) is 3.48. The Hall–Kier alpha value is -3.40. The van der Waals surface area contributed by atoms with Gasteiger partial charge in [-0.15, -0.1) is 0 Å². The maximum absolute atomic E-state index is 12.7. The fraction of sp³-hybridized carbons (Fsp3) is 0.231. The van der Waals surface area contributed by atoms with Crippen LogP contribution in [0.5, 0.6) is 0 Å². The Morgan fingerprint density at radius 3 is 2.03 bits per heavy atom. The lowest BCUT2D eigenvalue weighted by molar-refractivity contribution is -0.119. The third-order valence-electron chi connectivity index (χ3n) is 5.07. The highest BCUT2D eigenvalue weighted by atomic mass is 16.5. The van der Waals surface area contributed by atoms with Gasteiger partial charge in [0.05, 0.1) is 5.56 Å². The van der Waals surface area contributed by atoms with Crippen LogP contribution in [0.15, 0.2) is 72.8 Å². The van der Waals surface area contributed by atoms with E-state index in [2.05, 4.69) is 5.32 Å². The van der Waals surface area contributed by atoms with Crippen molar-refractivity contribution >= 4 is 17.6 Å². The number of esters is 1. The average molecular weight is 402 g/mol. The summed E-state index contributed by atoms with van der Waals surface area (Å²) in [6.07, 6.45) is 2.26. The molecule has 0 atom stereocenters. The summed E-state index contributed by atoms with van der Waals surface area (Å²) >= 11 is 0. The third-order valence-corrected chi connectivity index (χ3v) is 5.07. The zero-order valence-electron chi connectivity index (χ0n) is 17.5. The monoisotopic (exact) mass is 401 g/mol. The van der Waals surface area contributed by atoms with Gasteiger partial charge in [-0.05, 0) is 47.6 Å². The topological polar surface area (TPSA) is 55.4 Å². The van der Waals surface area contributed by atoms with Crippen molar-refractivity contribution in [2.45, 2.75) is 33.1 Å². The summed E-state index contributed by atoms with van der Waals surface area (Å²) in [6.45, 7) is 3.78. The van der Waals surface area contributed by atoms with Crippen molar-refractivity contribution in [3.05, 3.63) is 101 Å². The maximum atomic E-state index is 12.7. The van der Waals surface area contributed by atoms with Gasteiger partial charge in [-0.1, -0.05) is 80.6 Å². The van der Waals surface area contributed by atoms with E-state index >= 15 is 0 Å². The summed E-state index contributed by atoms with van der Waals surface area (Å²) in [5, 5.41) is 2.93. The lowest BCUT2D eigenvalue weighted by Crippen LogP contribution is -2.22. The number of ether oxygens (including phenoxy) is 1. The molecule has 0 aromatic heterocycles. The van der Waals surface area contributed by atoms with E-state index in [-0.39, 0.29) is 12.5 Å². The van der Waals surface area contributed by atoms with Crippen LogP contribution in [0.25, 0.3) is 0 Å². The maximum Gasteiger partial charge on any atom is 0.338 e. The fourth-order valence-electron chi connectivity index (χ4n) is 3.48. The number of rotatable bonds is 8. The van der Waals surface area contributed by atoms with Crippen LogP contribution in [0, 0.1) is 0 Å². The molecule has 0 aliphatic carbocycles. The van der Waals surface area contributed by atoms with Gasteiger partial charge in [-0.25, -0.2) is 4.79 Å². The molecule has 3 rings (SSSR count). The average Bonchev–Trinajstić information content (AvgIpc) is 2.78. The standard InChI is InChI=1S/C26H27NO3/c1-3-20-14-10-15-21(4-2)25(20)27-24(28)18-30-26(29)23-16-9-8-13-22(23)17-19-11-6-5-7-12-19/h5-16H,3-4,17-18H2,1-2H3,(H,27,28). The van der Waals surface area contributed by atoms with Crippen LogP contribution in [0.4, 0.5) is 5.69 Å². The molecular formula is C26H27NO3. The normalized spacial score (nSPS) is 10.5. The summed E-state index contributed by atoms with van der Waals surface area (Å²) in [6, 6.07) is 23.3. The molecule has 4 nitrogen and oxygen atoms in total. The first-order chi connectivity index (χ1) is 14.6. The van der Waals surface area contributed by atoms with E-state index in [9.17, 15) is 9.59 Å². The quantitative estimate of drug-likeness (QED) is 0.528. The van der Waals surface area contributed by atoms with Gasteiger partial charge >= 0.3 is 5.97 Å². The summed E-state index contributed by atoms with van der Waals surface area (Å²) in [7, 11) is 0. The molecule has 0 aliphatic heterocycles. The first-order valence-corrected chi connectivity index (χ1v) is 10.3. The number of benzene rings is 3. The predicted octanol–water partition coefficient (Wildman–Crippen LogP) is 5.20. The summed E-state index contributed by atoms with van der Waals surface area (Å²) < 4.78 is 5.34. The lowest BCUT2D eigenvalue weighted by Gasteiger charge is -2.15. The Labute approximate surface area is 177 Å². The summed E-state index contributed by atoms with van der Waals surface area (Å²) in [5.74, 6) is -0.823. The SMILES string of the molecule is CCc1cccc(CC)c1NC(=O)COC(=O)c1ccccc1Cc1ccccc1. The molecule has 0 saturated carbocycles. The van der Waals surface area contributed by atoms with E-state index in [0.29, 0.717) is 12.0 Å². The molecular weight excluding hydrogens is 374 g/mol. The molecule has 4 heteroatoms. The zero-order valence-corrected chi connectivity index (χ0v) is 17.5. The van der Waals surface area contributed by atoms with Gasteiger partial charge in [0, 0.05) is 5.69 Å². The molecule has 3 aromatic carbocycles. The lowest BCUT2D eigenvalue weighted by atomic mass is 10.00. The molecule has 0 saturated heterocycles. The Balaban J connectivity index is 1.66. The van der Waals surface area contributed by atoms with Gasteiger partial charge in [-0.3, -0.25) is 4.79 Å². The number of para-hydroxylation sites is 1. The number of hydrogen-bond acceptors (Lipinski definition) is 3. The predicted molar refractivity (Wildman–Crippen MR) is 120 cm³/mol. The molecule has 0 bridgehead atoms. The highest BCUT2D eigenvalue weighted by Gasteiger charge is 2.16. The molecule has 0 aliphatic rings. The number of carbonyl (C=O) groups excluding carboxylic acids is 2. The van der Waals surface area contributed by atoms with E-state index < -0.39 is 5.97 Å². The number of nitrogens with one attached hydrogen (secondary N) is 1. The van der Waals surface area contributed by atoms with Crippen molar-refractivity contribution in [2.75, 3.05) is 11.9 Å². The summed E-state index contributed by atoms with van der Waals surface area (Å²) in [5.41, 5.74) is 5.44. The summed E-state index contributed by atoms with van der Waals surface area (Å²) in [4.78, 5) is 25.1. The first-order valence-electron chi connectivity index (χ1n) is 10.3. The Morgan fingerprint density at radius 1 is 0.767 bits per heavy atom. The van der Waals surface area contributed by atoms with E-state index in [1.807, 2.05) is 74.5 Å². The van der Waals surface area contributed by atoms with Crippen LogP contribution in [0.2, 0.25) is 0 Å². The molecule has 0 fully saturated rings. The minimum Gasteiger partial charge on any atom is -0.452 e. The number of amides is 1.